The average molecular weight is 343 g/mol. The Hall–Kier alpha value is -1.03. The molecule has 0 fully saturated rings. The lowest BCUT2D eigenvalue weighted by Crippen LogP contribution is -2.10. The second kappa shape index (κ2) is 8.30. The van der Waals surface area contributed by atoms with Crippen LogP contribution in [-0.4, -0.2) is 15.9 Å². The average Bonchev–Trinajstić information content (AvgIpc) is 2.42. The quantitative estimate of drug-likeness (QED) is 0.543. The van der Waals surface area contributed by atoms with Gasteiger partial charge in [-0.3, -0.25) is 4.79 Å². The summed E-state index contributed by atoms with van der Waals surface area (Å²) in [4.78, 5) is 11.8. The van der Waals surface area contributed by atoms with Crippen molar-refractivity contribution in [3.05, 3.63) is 23.3 Å². The van der Waals surface area contributed by atoms with Crippen LogP contribution >= 0.6 is 15.9 Å². The molecular weight excluding hydrogens is 320 g/mol. The van der Waals surface area contributed by atoms with Crippen molar-refractivity contribution in [1.82, 2.24) is 0 Å². The van der Waals surface area contributed by atoms with Gasteiger partial charge in [0.25, 0.3) is 0 Å². The van der Waals surface area contributed by atoms with E-state index in [2.05, 4.69) is 22.9 Å². The summed E-state index contributed by atoms with van der Waals surface area (Å²) in [6.07, 6.45) is 3.86. The van der Waals surface area contributed by atoms with E-state index in [1.807, 2.05) is 6.92 Å². The Balaban J connectivity index is 3.12. The molecule has 0 aliphatic carbocycles. The van der Waals surface area contributed by atoms with Crippen molar-refractivity contribution in [2.75, 3.05) is 0 Å². The third-order valence-corrected chi connectivity index (χ3v) is 3.78. The molecule has 1 aromatic rings. The monoisotopic (exact) mass is 342 g/mol. The molecule has 0 amide bonds. The van der Waals surface area contributed by atoms with Crippen LogP contribution in [0.15, 0.2) is 12.1 Å². The van der Waals surface area contributed by atoms with Crippen LogP contribution in [0.3, 0.4) is 0 Å². The molecule has 1 atom stereocenters. The first-order valence-electron chi connectivity index (χ1n) is 7.23. The molecule has 0 saturated heterocycles. The minimum Gasteiger partial charge on any atom is -0.507 e. The summed E-state index contributed by atoms with van der Waals surface area (Å²) < 4.78 is 5.83. The molecule has 0 bridgehead atoms. The first kappa shape index (κ1) is 17.0. The second-order valence-corrected chi connectivity index (χ2v) is 5.80. The molecule has 112 valence electrons. The van der Waals surface area contributed by atoms with Crippen molar-refractivity contribution in [2.24, 2.45) is 0 Å². The third-order valence-electron chi connectivity index (χ3n) is 3.13. The molecule has 1 aromatic carbocycles. The number of alkyl halides is 1. The molecule has 0 spiro atoms. The number of ether oxygens (including phenoxy) is 1. The number of hydrogen-bond acceptors (Lipinski definition) is 3. The van der Waals surface area contributed by atoms with Gasteiger partial charge in [-0.2, -0.15) is 0 Å². The lowest BCUT2D eigenvalue weighted by molar-refractivity contribution is 0.0985. The Morgan fingerprint density at radius 3 is 2.55 bits per heavy atom. The second-order valence-electron chi connectivity index (χ2n) is 4.78. The molecule has 0 saturated carbocycles. The third kappa shape index (κ3) is 4.23. The Labute approximate surface area is 129 Å². The fraction of sp³-hybridized carbons (Fsp3) is 0.562. The Morgan fingerprint density at radius 1 is 1.30 bits per heavy atom. The van der Waals surface area contributed by atoms with Crippen molar-refractivity contribution >= 4 is 21.7 Å². The fourth-order valence-corrected chi connectivity index (χ4v) is 2.72. The van der Waals surface area contributed by atoms with Crippen molar-refractivity contribution in [1.29, 1.82) is 0 Å². The van der Waals surface area contributed by atoms with Gasteiger partial charge >= 0.3 is 0 Å². The summed E-state index contributed by atoms with van der Waals surface area (Å²) in [7, 11) is 0. The minimum atomic E-state index is -0.0739. The van der Waals surface area contributed by atoms with Crippen LogP contribution in [0.25, 0.3) is 0 Å². The maximum absolute atomic E-state index is 11.8. The number of phenolic OH excluding ortho intramolecular Hbond substituents is 1. The topological polar surface area (TPSA) is 46.5 Å². The number of phenols is 1. The predicted molar refractivity (Wildman–Crippen MR) is 85.0 cm³/mol. The van der Waals surface area contributed by atoms with Gasteiger partial charge < -0.3 is 9.84 Å². The van der Waals surface area contributed by atoms with E-state index >= 15 is 0 Å². The lowest BCUT2D eigenvalue weighted by atomic mass is 10.00. The minimum absolute atomic E-state index is 0.0460. The Morgan fingerprint density at radius 2 is 2.00 bits per heavy atom. The van der Waals surface area contributed by atoms with E-state index in [-0.39, 0.29) is 16.5 Å². The van der Waals surface area contributed by atoms with Crippen molar-refractivity contribution in [3.8, 4) is 11.5 Å². The van der Waals surface area contributed by atoms with Crippen LogP contribution in [-0.2, 0) is 6.42 Å². The number of ketones is 1. The van der Waals surface area contributed by atoms with Crippen LogP contribution < -0.4 is 4.74 Å². The largest absolute Gasteiger partial charge is 0.507 e. The smallest absolute Gasteiger partial charge is 0.166 e. The Kier molecular flexibility index (Phi) is 7.06. The van der Waals surface area contributed by atoms with E-state index in [1.54, 1.807) is 19.1 Å². The number of halogens is 1. The molecule has 0 radical (unpaired) electrons. The molecule has 0 aliphatic rings. The number of hydrogen-bond donors (Lipinski definition) is 1. The number of rotatable bonds is 8. The maximum atomic E-state index is 11.8. The standard InChI is InChI=1S/C16H23BrO3/c1-4-7-12-14(20-15(17)8-5-2)10-9-11(16(12)19)13(18)6-3/h9-10,15,19H,4-8H2,1-3H3. The molecule has 20 heavy (non-hydrogen) atoms. The number of Topliss-reactive ketones (excluding diaryl/α,β-unsaturated/α-hetero) is 1. The Bertz CT molecular complexity index is 457. The number of aromatic hydroxyl groups is 1. The molecule has 1 rings (SSSR count). The molecule has 4 heteroatoms. The lowest BCUT2D eigenvalue weighted by Gasteiger charge is -2.18. The zero-order chi connectivity index (χ0) is 15.1. The van der Waals surface area contributed by atoms with Gasteiger partial charge in [0.2, 0.25) is 0 Å². The number of carbonyl (C=O) groups excluding carboxylic acids is 1. The summed E-state index contributed by atoms with van der Waals surface area (Å²) in [6, 6.07) is 3.44. The summed E-state index contributed by atoms with van der Waals surface area (Å²) in [6.45, 7) is 5.92. The molecule has 0 aliphatic heterocycles. The van der Waals surface area contributed by atoms with Crippen LogP contribution in [0.2, 0.25) is 0 Å². The van der Waals surface area contributed by atoms with Gasteiger partial charge in [0, 0.05) is 12.0 Å². The predicted octanol–water partition coefficient (Wildman–Crippen LogP) is 4.84. The summed E-state index contributed by atoms with van der Waals surface area (Å²) >= 11 is 3.47. The molecule has 0 aromatic heterocycles. The van der Waals surface area contributed by atoms with E-state index in [1.165, 1.54) is 0 Å². The zero-order valence-electron chi connectivity index (χ0n) is 12.4. The molecule has 1 N–H and O–H groups in total. The van der Waals surface area contributed by atoms with E-state index in [0.717, 1.165) is 24.8 Å². The highest BCUT2D eigenvalue weighted by molar-refractivity contribution is 9.09. The van der Waals surface area contributed by atoms with Gasteiger partial charge in [0.15, 0.2) is 10.8 Å². The SMILES string of the molecule is CCCc1c(OC(Br)CCC)ccc(C(=O)CC)c1O. The molecule has 0 heterocycles. The first-order chi connectivity index (χ1) is 9.54. The zero-order valence-corrected chi connectivity index (χ0v) is 14.0. The van der Waals surface area contributed by atoms with Gasteiger partial charge in [-0.1, -0.05) is 33.6 Å². The summed E-state index contributed by atoms with van der Waals surface area (Å²) in [5.74, 6) is 0.690. The van der Waals surface area contributed by atoms with Crippen LogP contribution in [0.4, 0.5) is 0 Å². The van der Waals surface area contributed by atoms with Crippen LogP contribution in [0.1, 0.15) is 62.4 Å². The van der Waals surface area contributed by atoms with Crippen LogP contribution in [0.5, 0.6) is 11.5 Å². The highest BCUT2D eigenvalue weighted by Crippen LogP contribution is 2.34. The van der Waals surface area contributed by atoms with E-state index in [0.29, 0.717) is 24.2 Å². The maximum Gasteiger partial charge on any atom is 0.166 e. The van der Waals surface area contributed by atoms with Gasteiger partial charge in [-0.15, -0.1) is 0 Å². The fourth-order valence-electron chi connectivity index (χ4n) is 2.06. The van der Waals surface area contributed by atoms with Gasteiger partial charge in [-0.25, -0.2) is 0 Å². The van der Waals surface area contributed by atoms with Crippen molar-refractivity contribution in [3.63, 3.8) is 0 Å². The van der Waals surface area contributed by atoms with Crippen molar-refractivity contribution < 1.29 is 14.6 Å². The summed E-state index contributed by atoms with van der Waals surface area (Å²) in [5, 5.41) is 10.3. The van der Waals surface area contributed by atoms with E-state index in [9.17, 15) is 9.90 Å². The first-order valence-corrected chi connectivity index (χ1v) is 8.15. The van der Waals surface area contributed by atoms with E-state index < -0.39 is 0 Å². The normalized spacial score (nSPS) is 12.2. The summed E-state index contributed by atoms with van der Waals surface area (Å²) in [5.41, 5.74) is 1.12. The molecule has 3 nitrogen and oxygen atoms in total. The van der Waals surface area contributed by atoms with Crippen LogP contribution in [0, 0.1) is 0 Å². The molecule has 1 unspecified atom stereocenters. The number of carbonyl (C=O) groups is 1. The van der Waals surface area contributed by atoms with E-state index in [4.69, 9.17) is 4.74 Å². The van der Waals surface area contributed by atoms with Gasteiger partial charge in [0.05, 0.1) is 5.56 Å². The van der Waals surface area contributed by atoms with Gasteiger partial charge in [0.1, 0.15) is 11.5 Å². The highest BCUT2D eigenvalue weighted by Gasteiger charge is 2.18. The molecular formula is C16H23BrO3. The number of benzene rings is 1. The van der Waals surface area contributed by atoms with Crippen molar-refractivity contribution in [2.45, 2.75) is 57.9 Å². The van der Waals surface area contributed by atoms with Gasteiger partial charge in [-0.05, 0) is 40.9 Å². The highest BCUT2D eigenvalue weighted by atomic mass is 79.9.